The molecule has 0 unspecified atom stereocenters. The summed E-state index contributed by atoms with van der Waals surface area (Å²) in [6.45, 7) is 4.64. The summed E-state index contributed by atoms with van der Waals surface area (Å²) in [7, 11) is 0. The second-order valence-electron chi connectivity index (χ2n) is 2.91. The van der Waals surface area contributed by atoms with Gasteiger partial charge in [-0.25, -0.2) is 0 Å². The van der Waals surface area contributed by atoms with E-state index in [1.54, 1.807) is 0 Å². The molecule has 1 rings (SSSR count). The van der Waals surface area contributed by atoms with Gasteiger partial charge in [0, 0.05) is 0 Å². The molecule has 0 radical (unpaired) electrons. The van der Waals surface area contributed by atoms with Gasteiger partial charge in [-0.3, -0.25) is 0 Å². The summed E-state index contributed by atoms with van der Waals surface area (Å²) in [5, 5.41) is 0. The number of hydrogen-bond donors (Lipinski definition) is 0. The van der Waals surface area contributed by atoms with E-state index in [0.717, 1.165) is 4.31 Å². The minimum atomic E-state index is -0.641. The van der Waals surface area contributed by atoms with Gasteiger partial charge in [0.2, 0.25) is 0 Å². The normalized spacial score (nSPS) is 17.3. The van der Waals surface area contributed by atoms with E-state index in [1.165, 1.54) is 22.5 Å². The molecule has 1 aliphatic rings. The predicted octanol–water partition coefficient (Wildman–Crippen LogP) is 4.18. The first-order chi connectivity index (χ1) is 5.88. The molecule has 0 aromatic carbocycles. The molecule has 0 nitrogen and oxygen atoms in total. The Morgan fingerprint density at radius 3 is 1.92 bits per heavy atom. The maximum absolute atomic E-state index is 2.41. The quantitative estimate of drug-likeness (QED) is 0.701. The van der Waals surface area contributed by atoms with Crippen molar-refractivity contribution in [1.29, 1.82) is 0 Å². The van der Waals surface area contributed by atoms with Gasteiger partial charge in [-0.15, -0.1) is 0 Å². The fraction of sp³-hybridized carbons (Fsp3) is 0.636. The van der Waals surface area contributed by atoms with E-state index >= 15 is 0 Å². The molecule has 0 aromatic rings. The van der Waals surface area contributed by atoms with Crippen molar-refractivity contribution < 1.29 is 17.3 Å². The molecule has 1 aliphatic carbocycles. The molecule has 0 bridgehead atoms. The van der Waals surface area contributed by atoms with Crippen LogP contribution >= 0.6 is 0 Å². The first kappa shape index (κ1) is 10.3. The Labute approximate surface area is 82.3 Å². The average molecular weight is 346 g/mol. The molecule has 0 saturated heterocycles. The van der Waals surface area contributed by atoms with Crippen LogP contribution < -0.4 is 0 Å². The van der Waals surface area contributed by atoms with Crippen LogP contribution in [0.15, 0.2) is 24.3 Å². The zero-order valence-electron chi connectivity index (χ0n) is 8.03. The Morgan fingerprint density at radius 2 is 1.50 bits per heavy atom. The first-order valence-corrected chi connectivity index (χ1v) is 9.24. The van der Waals surface area contributed by atoms with Crippen LogP contribution in [-0.2, 0) is 17.3 Å². The molecule has 0 atom stereocenters. The molecular formula is C11H19Pt. The molecule has 0 N–H and O–H groups in total. The van der Waals surface area contributed by atoms with Crippen molar-refractivity contribution in [3.8, 4) is 0 Å². The molecular weight excluding hydrogens is 327 g/mol. The molecule has 0 fully saturated rings. The van der Waals surface area contributed by atoms with Crippen LogP contribution in [0.25, 0.3) is 0 Å². The topological polar surface area (TPSA) is 0 Å². The van der Waals surface area contributed by atoms with Crippen molar-refractivity contribution in [2.45, 2.75) is 40.6 Å². The predicted molar refractivity (Wildman–Crippen MR) is 52.2 cm³/mol. The van der Waals surface area contributed by atoms with E-state index in [-0.39, 0.29) is 0 Å². The van der Waals surface area contributed by atoms with Crippen molar-refractivity contribution >= 4 is 0 Å². The van der Waals surface area contributed by atoms with Crippen LogP contribution in [0, 0.1) is 0 Å². The van der Waals surface area contributed by atoms with Crippen LogP contribution in [-0.4, -0.2) is 0 Å². The fourth-order valence-electron chi connectivity index (χ4n) is 1.26. The van der Waals surface area contributed by atoms with E-state index in [0.29, 0.717) is 0 Å². The van der Waals surface area contributed by atoms with Crippen molar-refractivity contribution in [3.63, 3.8) is 0 Å². The zero-order valence-corrected chi connectivity index (χ0v) is 10.3. The summed E-state index contributed by atoms with van der Waals surface area (Å²) >= 11 is -0.641. The van der Waals surface area contributed by atoms with E-state index < -0.39 is 17.3 Å². The van der Waals surface area contributed by atoms with Gasteiger partial charge in [-0.1, -0.05) is 0 Å². The van der Waals surface area contributed by atoms with Crippen LogP contribution in [0.2, 0.25) is 13.9 Å². The van der Waals surface area contributed by atoms with Gasteiger partial charge >= 0.3 is 82.2 Å². The Hall–Kier alpha value is 0.168. The fourth-order valence-corrected chi connectivity index (χ4v) is 8.00. The van der Waals surface area contributed by atoms with E-state index in [9.17, 15) is 0 Å². The third-order valence-corrected chi connectivity index (χ3v) is 9.91. The van der Waals surface area contributed by atoms with Crippen molar-refractivity contribution in [2.75, 3.05) is 0 Å². The maximum atomic E-state index is 2.41. The summed E-state index contributed by atoms with van der Waals surface area (Å²) in [5.74, 6) is 0. The van der Waals surface area contributed by atoms with Crippen LogP contribution in [0.3, 0.4) is 0 Å². The first-order valence-electron chi connectivity index (χ1n) is 4.71. The average Bonchev–Trinajstić information content (AvgIpc) is 2.56. The third kappa shape index (κ3) is 2.90. The molecule has 12 heavy (non-hydrogen) atoms. The summed E-state index contributed by atoms with van der Waals surface area (Å²) in [5.41, 5.74) is 0. The molecule has 0 saturated carbocycles. The van der Waals surface area contributed by atoms with Crippen LogP contribution in [0.1, 0.15) is 26.7 Å². The van der Waals surface area contributed by atoms with Crippen LogP contribution in [0.4, 0.5) is 0 Å². The Kier molecular flexibility index (Phi) is 4.91. The van der Waals surface area contributed by atoms with E-state index in [1.807, 2.05) is 0 Å². The standard InChI is InChI=1S/C5H5.2C3H7.Pt/c1-2-4-5-3-1;2*1-3-2;/h1-5H;2*1,3H2,2H3;. The Bertz CT molecular complexity index is 152. The number of allylic oxidation sites excluding steroid dienone is 4. The van der Waals surface area contributed by atoms with Gasteiger partial charge in [-0.05, 0) is 0 Å². The van der Waals surface area contributed by atoms with Crippen molar-refractivity contribution in [3.05, 3.63) is 24.3 Å². The molecule has 0 spiro atoms. The van der Waals surface area contributed by atoms with Gasteiger partial charge in [0.25, 0.3) is 0 Å². The molecule has 0 heterocycles. The van der Waals surface area contributed by atoms with Crippen molar-refractivity contribution in [1.82, 2.24) is 0 Å². The summed E-state index contributed by atoms with van der Waals surface area (Å²) in [6.07, 6.45) is 12.1. The van der Waals surface area contributed by atoms with Crippen molar-refractivity contribution in [2.24, 2.45) is 0 Å². The summed E-state index contributed by atoms with van der Waals surface area (Å²) in [4.78, 5) is 3.08. The Morgan fingerprint density at radius 1 is 1.00 bits per heavy atom. The summed E-state index contributed by atoms with van der Waals surface area (Å²) < 4.78 is 0.898. The van der Waals surface area contributed by atoms with E-state index in [4.69, 9.17) is 0 Å². The number of hydrogen-bond acceptors (Lipinski definition) is 0. The molecule has 0 amide bonds. The minimum absolute atomic E-state index is 0.641. The van der Waals surface area contributed by atoms with Gasteiger partial charge in [0.05, 0.1) is 0 Å². The van der Waals surface area contributed by atoms with Gasteiger partial charge in [0.1, 0.15) is 0 Å². The monoisotopic (exact) mass is 346 g/mol. The van der Waals surface area contributed by atoms with Crippen LogP contribution in [0.5, 0.6) is 0 Å². The SMILES string of the molecule is CC[CH2][Pt]([CH2]CC)[CH]1C=CC=C1. The van der Waals surface area contributed by atoms with Gasteiger partial charge in [0.15, 0.2) is 0 Å². The van der Waals surface area contributed by atoms with E-state index in [2.05, 4.69) is 38.2 Å². The number of rotatable bonds is 5. The molecule has 1 heteroatoms. The molecule has 0 aromatic heterocycles. The van der Waals surface area contributed by atoms with Gasteiger partial charge in [-0.2, -0.15) is 0 Å². The second kappa shape index (κ2) is 5.75. The Balaban J connectivity index is 2.40. The molecule has 0 aliphatic heterocycles. The zero-order chi connectivity index (χ0) is 8.81. The third-order valence-electron chi connectivity index (χ3n) is 1.70. The summed E-state index contributed by atoms with van der Waals surface area (Å²) in [6, 6.07) is 0. The molecule has 73 valence electrons. The van der Waals surface area contributed by atoms with Gasteiger partial charge < -0.3 is 0 Å². The second-order valence-corrected chi connectivity index (χ2v) is 9.68.